The zero-order valence-corrected chi connectivity index (χ0v) is 13.3. The third kappa shape index (κ3) is 3.99. The Bertz CT molecular complexity index is 280. The molecule has 1 nitrogen and oxygen atoms in total. The monoisotopic (exact) mass is 370 g/mol. The predicted molar refractivity (Wildman–Crippen MR) is 71.7 cm³/mol. The molecule has 0 aliphatic carbocycles. The molecule has 0 aromatic heterocycles. The van der Waals surface area contributed by atoms with Crippen LogP contribution in [0.3, 0.4) is 0 Å². The first-order valence-corrected chi connectivity index (χ1v) is 7.60. The fourth-order valence-corrected chi connectivity index (χ4v) is 2.03. The van der Waals surface area contributed by atoms with E-state index in [9.17, 15) is 0 Å². The molecule has 1 aromatic carbocycles. The second kappa shape index (κ2) is 6.03. The number of ether oxygens (including phenoxy) is 1. The van der Waals surface area contributed by atoms with Crippen LogP contribution >= 0.6 is 38.5 Å². The molecular weight excluding hydrogens is 359 g/mol. The van der Waals surface area contributed by atoms with Crippen LogP contribution in [0.25, 0.3) is 0 Å². The fraction of sp³-hybridized carbons (Fsp3) is 0.333. The van der Waals surface area contributed by atoms with Crippen molar-refractivity contribution < 1.29 is 4.74 Å². The Morgan fingerprint density at radius 1 is 1.46 bits per heavy atom. The first kappa shape index (κ1) is 11.5. The molecule has 0 aliphatic heterocycles. The topological polar surface area (TPSA) is 9.23 Å². The molecule has 0 radical (unpaired) electrons. The van der Waals surface area contributed by atoms with Crippen molar-refractivity contribution in [1.82, 2.24) is 0 Å². The van der Waals surface area contributed by atoms with Crippen LogP contribution in [-0.2, 0) is 0 Å². The van der Waals surface area contributed by atoms with Crippen LogP contribution in [0.2, 0.25) is 6.04 Å². The maximum Gasteiger partial charge on any atom is 0.134 e. The van der Waals surface area contributed by atoms with Crippen LogP contribution in [0.1, 0.15) is 6.42 Å². The standard InChI is InChI=1S/C9H12BrIOSi/c10-8-3-2-7(11)6-9(8)12-4-1-5-13/h2-3,6H,1,4-5H2,13H3. The van der Waals surface area contributed by atoms with Crippen LogP contribution < -0.4 is 4.74 Å². The average Bonchev–Trinajstić information content (AvgIpc) is 2.11. The van der Waals surface area contributed by atoms with Gasteiger partial charge < -0.3 is 4.74 Å². The summed E-state index contributed by atoms with van der Waals surface area (Å²) in [6.45, 7) is 0.836. The Kier molecular flexibility index (Phi) is 5.34. The second-order valence-electron chi connectivity index (χ2n) is 2.78. The maximum atomic E-state index is 5.63. The molecule has 4 heteroatoms. The molecule has 1 rings (SSSR count). The van der Waals surface area contributed by atoms with Crippen molar-refractivity contribution in [2.45, 2.75) is 12.5 Å². The van der Waals surface area contributed by atoms with Crippen molar-refractivity contribution in [3.63, 3.8) is 0 Å². The number of hydrogen-bond acceptors (Lipinski definition) is 1. The fourth-order valence-electron chi connectivity index (χ4n) is 0.914. The van der Waals surface area contributed by atoms with Crippen molar-refractivity contribution >= 4 is 48.8 Å². The molecule has 1 aromatic rings. The molecule has 0 bridgehead atoms. The molecule has 0 unspecified atom stereocenters. The smallest absolute Gasteiger partial charge is 0.134 e. The Hall–Kier alpha value is 0.447. The second-order valence-corrected chi connectivity index (χ2v) is 5.88. The number of rotatable bonds is 4. The van der Waals surface area contributed by atoms with Crippen molar-refractivity contribution in [3.05, 3.63) is 26.2 Å². The Morgan fingerprint density at radius 3 is 2.92 bits per heavy atom. The maximum absolute atomic E-state index is 5.63. The summed E-state index contributed by atoms with van der Waals surface area (Å²) in [5.74, 6) is 0.960. The molecule has 13 heavy (non-hydrogen) atoms. The lowest BCUT2D eigenvalue weighted by Crippen LogP contribution is -1.97. The summed E-state index contributed by atoms with van der Waals surface area (Å²) in [6.07, 6.45) is 1.17. The third-order valence-electron chi connectivity index (χ3n) is 1.65. The Labute approximate surface area is 104 Å². The summed E-state index contributed by atoms with van der Waals surface area (Å²) >= 11 is 5.75. The molecule has 0 amide bonds. The van der Waals surface area contributed by atoms with Crippen molar-refractivity contribution in [2.24, 2.45) is 0 Å². The van der Waals surface area contributed by atoms with Gasteiger partial charge in [0.1, 0.15) is 5.75 Å². The molecule has 0 atom stereocenters. The van der Waals surface area contributed by atoms with Gasteiger partial charge in [0.15, 0.2) is 0 Å². The van der Waals surface area contributed by atoms with E-state index in [4.69, 9.17) is 4.74 Å². The summed E-state index contributed by atoms with van der Waals surface area (Å²) in [5.41, 5.74) is 0. The zero-order valence-electron chi connectivity index (χ0n) is 7.52. The van der Waals surface area contributed by atoms with Gasteiger partial charge in [-0.1, -0.05) is 6.04 Å². The van der Waals surface area contributed by atoms with E-state index in [-0.39, 0.29) is 0 Å². The largest absolute Gasteiger partial charge is 0.492 e. The van der Waals surface area contributed by atoms with Gasteiger partial charge in [-0.3, -0.25) is 0 Å². The molecule has 0 saturated carbocycles. The third-order valence-corrected chi connectivity index (χ3v) is 3.68. The molecule has 0 fully saturated rings. The van der Waals surface area contributed by atoms with Gasteiger partial charge in [0.2, 0.25) is 0 Å². The van der Waals surface area contributed by atoms with Gasteiger partial charge in [0, 0.05) is 13.8 Å². The highest BCUT2D eigenvalue weighted by molar-refractivity contribution is 14.1. The SMILES string of the molecule is [SiH3]CCCOc1cc(I)ccc1Br. The minimum atomic E-state index is 0.836. The van der Waals surface area contributed by atoms with Gasteiger partial charge in [0.25, 0.3) is 0 Å². The van der Waals surface area contributed by atoms with E-state index in [0.717, 1.165) is 16.8 Å². The van der Waals surface area contributed by atoms with Crippen LogP contribution in [0, 0.1) is 3.57 Å². The minimum absolute atomic E-state index is 0.836. The summed E-state index contributed by atoms with van der Waals surface area (Å²) in [6, 6.07) is 7.45. The van der Waals surface area contributed by atoms with Gasteiger partial charge in [-0.15, -0.1) is 0 Å². The van der Waals surface area contributed by atoms with Crippen molar-refractivity contribution in [2.75, 3.05) is 6.61 Å². The number of benzene rings is 1. The highest BCUT2D eigenvalue weighted by Crippen LogP contribution is 2.26. The van der Waals surface area contributed by atoms with E-state index in [1.807, 2.05) is 6.07 Å². The molecule has 0 spiro atoms. The Morgan fingerprint density at radius 2 is 2.23 bits per heavy atom. The first-order valence-electron chi connectivity index (χ1n) is 4.32. The van der Waals surface area contributed by atoms with E-state index in [2.05, 4.69) is 50.7 Å². The summed E-state index contributed by atoms with van der Waals surface area (Å²) in [7, 11) is 1.27. The van der Waals surface area contributed by atoms with Crippen LogP contribution in [0.4, 0.5) is 0 Å². The zero-order chi connectivity index (χ0) is 9.68. The molecule has 0 N–H and O–H groups in total. The molecule has 0 heterocycles. The summed E-state index contributed by atoms with van der Waals surface area (Å²) in [5, 5.41) is 0. The average molecular weight is 371 g/mol. The lowest BCUT2D eigenvalue weighted by molar-refractivity contribution is 0.315. The highest BCUT2D eigenvalue weighted by Gasteiger charge is 2.00. The van der Waals surface area contributed by atoms with Crippen molar-refractivity contribution in [3.8, 4) is 5.75 Å². The highest BCUT2D eigenvalue weighted by atomic mass is 127. The molecule has 0 saturated heterocycles. The van der Waals surface area contributed by atoms with Crippen LogP contribution in [0.5, 0.6) is 5.75 Å². The lowest BCUT2D eigenvalue weighted by atomic mass is 10.3. The van der Waals surface area contributed by atoms with Crippen LogP contribution in [-0.4, -0.2) is 16.8 Å². The van der Waals surface area contributed by atoms with Crippen molar-refractivity contribution in [1.29, 1.82) is 0 Å². The Balaban J connectivity index is 2.59. The van der Waals surface area contributed by atoms with E-state index >= 15 is 0 Å². The van der Waals surface area contributed by atoms with E-state index in [1.54, 1.807) is 0 Å². The number of halogens is 2. The van der Waals surface area contributed by atoms with E-state index in [0.29, 0.717) is 0 Å². The van der Waals surface area contributed by atoms with Crippen LogP contribution in [0.15, 0.2) is 22.7 Å². The van der Waals surface area contributed by atoms with Gasteiger partial charge in [-0.25, -0.2) is 0 Å². The van der Waals surface area contributed by atoms with E-state index < -0.39 is 0 Å². The van der Waals surface area contributed by atoms with Gasteiger partial charge in [-0.05, 0) is 63.1 Å². The predicted octanol–water partition coefficient (Wildman–Crippen LogP) is 2.61. The molecule has 0 aliphatic rings. The minimum Gasteiger partial charge on any atom is -0.492 e. The summed E-state index contributed by atoms with van der Waals surface area (Å²) < 4.78 is 7.88. The van der Waals surface area contributed by atoms with Gasteiger partial charge >= 0.3 is 0 Å². The number of hydrogen-bond donors (Lipinski definition) is 0. The van der Waals surface area contributed by atoms with Gasteiger partial charge in [0.05, 0.1) is 11.1 Å². The van der Waals surface area contributed by atoms with Gasteiger partial charge in [-0.2, -0.15) is 0 Å². The molecular formula is C9H12BrIOSi. The van der Waals surface area contributed by atoms with E-state index in [1.165, 1.54) is 26.3 Å². The lowest BCUT2D eigenvalue weighted by Gasteiger charge is -2.07. The molecule has 72 valence electrons. The first-order chi connectivity index (χ1) is 6.24. The summed E-state index contributed by atoms with van der Waals surface area (Å²) in [4.78, 5) is 0. The normalized spacial score (nSPS) is 10.3. The quantitative estimate of drug-likeness (QED) is 0.449.